The molecule has 27 heavy (non-hydrogen) atoms. The molecule has 0 aliphatic rings. The van der Waals surface area contributed by atoms with Gasteiger partial charge in [-0.3, -0.25) is 0 Å². The van der Waals surface area contributed by atoms with Gasteiger partial charge in [0.15, 0.2) is 0 Å². The van der Waals surface area contributed by atoms with Crippen LogP contribution in [-0.2, 0) is 0 Å². The lowest BCUT2D eigenvalue weighted by atomic mass is 9.94. The van der Waals surface area contributed by atoms with E-state index in [9.17, 15) is 4.39 Å². The van der Waals surface area contributed by atoms with Gasteiger partial charge in [0.2, 0.25) is 0 Å². The lowest BCUT2D eigenvalue weighted by Gasteiger charge is -2.12. The second-order valence-electron chi connectivity index (χ2n) is 6.39. The van der Waals surface area contributed by atoms with Crippen molar-refractivity contribution in [3.8, 4) is 0 Å². The lowest BCUT2D eigenvalue weighted by molar-refractivity contribution is 0.624. The topological polar surface area (TPSA) is 15.8 Å². The first-order valence-electron chi connectivity index (χ1n) is 9.41. The number of hydrogen-bond donors (Lipinski definition) is 1. The smallest absolute Gasteiger partial charge is 0.130 e. The molecule has 1 nitrogen and oxygen atoms in total. The van der Waals surface area contributed by atoms with E-state index in [0.29, 0.717) is 10.6 Å². The molecule has 0 aliphatic heterocycles. The minimum atomic E-state index is -0.255. The predicted octanol–water partition coefficient (Wildman–Crippen LogP) is 8.73. The highest BCUT2D eigenvalue weighted by atomic mass is 35.5. The maximum atomic E-state index is 14.2. The van der Waals surface area contributed by atoms with E-state index in [2.05, 4.69) is 55.5 Å². The Labute approximate surface area is 170 Å². The van der Waals surface area contributed by atoms with Crippen LogP contribution in [0.15, 0.2) is 48.6 Å². The standard InChI is InChI=1S/C19H17ClFNS.C4H10/c1-3-4-5-15(13-6-9-18-19(10-13)23-22-18)12(2)16-11-14(20)7-8-17(16)21;1-3-4-2/h4-11,22H,3H2,1-2H3;3-4H2,1-2H3/b5-4-,15-12-;. The lowest BCUT2D eigenvalue weighted by Crippen LogP contribution is -1.92. The average molecular weight is 404 g/mol. The van der Waals surface area contributed by atoms with Crippen molar-refractivity contribution in [2.45, 2.75) is 47.0 Å². The van der Waals surface area contributed by atoms with Crippen molar-refractivity contribution in [3.63, 3.8) is 0 Å². The van der Waals surface area contributed by atoms with Gasteiger partial charge in [-0.05, 0) is 60.4 Å². The summed E-state index contributed by atoms with van der Waals surface area (Å²) in [7, 11) is 0. The van der Waals surface area contributed by atoms with Crippen LogP contribution in [0.3, 0.4) is 0 Å². The molecule has 0 fully saturated rings. The summed E-state index contributed by atoms with van der Waals surface area (Å²) < 4.78 is 18.6. The molecule has 0 saturated heterocycles. The molecule has 3 aromatic rings. The Morgan fingerprint density at radius 2 is 1.85 bits per heavy atom. The van der Waals surface area contributed by atoms with Gasteiger partial charge in [0.05, 0.1) is 10.2 Å². The summed E-state index contributed by atoms with van der Waals surface area (Å²) >= 11 is 7.66. The first-order valence-corrected chi connectivity index (χ1v) is 10.6. The van der Waals surface area contributed by atoms with Crippen molar-refractivity contribution in [2.75, 3.05) is 0 Å². The van der Waals surface area contributed by atoms with Gasteiger partial charge in [0, 0.05) is 10.6 Å². The highest BCUT2D eigenvalue weighted by Crippen LogP contribution is 2.33. The summed E-state index contributed by atoms with van der Waals surface area (Å²) in [6.07, 6.45) is 7.72. The maximum absolute atomic E-state index is 14.2. The summed E-state index contributed by atoms with van der Waals surface area (Å²) in [5, 5.41) is 0.538. The summed E-state index contributed by atoms with van der Waals surface area (Å²) in [5.41, 5.74) is 4.67. The number of hydrogen-bond acceptors (Lipinski definition) is 1. The van der Waals surface area contributed by atoms with Gasteiger partial charge in [-0.2, -0.15) is 0 Å². The molecular formula is C23H27ClFNS. The molecule has 0 bridgehead atoms. The highest BCUT2D eigenvalue weighted by molar-refractivity contribution is 7.15. The fourth-order valence-corrected chi connectivity index (χ4v) is 3.36. The Kier molecular flexibility index (Phi) is 8.33. The number of nitrogens with one attached hydrogen (secondary N) is 1. The third-order valence-electron chi connectivity index (χ3n) is 4.32. The zero-order valence-corrected chi connectivity index (χ0v) is 18.0. The van der Waals surface area contributed by atoms with Crippen LogP contribution in [0.5, 0.6) is 0 Å². The number of unbranched alkanes of at least 4 members (excludes halogenated alkanes) is 1. The molecule has 1 N–H and O–H groups in total. The van der Waals surface area contributed by atoms with Crippen LogP contribution in [0, 0.1) is 5.82 Å². The van der Waals surface area contributed by atoms with E-state index >= 15 is 0 Å². The minimum absolute atomic E-state index is 0.255. The van der Waals surface area contributed by atoms with E-state index in [1.165, 1.54) is 23.6 Å². The third kappa shape index (κ3) is 5.57. The summed E-state index contributed by atoms with van der Waals surface area (Å²) in [6.45, 7) is 8.38. The highest BCUT2D eigenvalue weighted by Gasteiger charge is 2.11. The number of allylic oxidation sites excluding steroid dienone is 4. The molecule has 144 valence electrons. The van der Waals surface area contributed by atoms with Crippen LogP contribution in [-0.4, -0.2) is 4.37 Å². The fraction of sp³-hybridized carbons (Fsp3) is 0.304. The van der Waals surface area contributed by atoms with Crippen LogP contribution >= 0.6 is 23.1 Å². The van der Waals surface area contributed by atoms with E-state index in [1.54, 1.807) is 23.7 Å². The van der Waals surface area contributed by atoms with Gasteiger partial charge in [-0.25, -0.2) is 4.39 Å². The first-order chi connectivity index (χ1) is 13.0. The number of H-pyrrole nitrogens is 1. The van der Waals surface area contributed by atoms with E-state index < -0.39 is 0 Å². The van der Waals surface area contributed by atoms with E-state index in [1.807, 2.05) is 6.92 Å². The van der Waals surface area contributed by atoms with Gasteiger partial charge < -0.3 is 4.37 Å². The molecule has 0 aliphatic carbocycles. The average Bonchev–Trinajstić information content (AvgIpc) is 2.65. The van der Waals surface area contributed by atoms with Crippen molar-refractivity contribution < 1.29 is 4.39 Å². The summed E-state index contributed by atoms with van der Waals surface area (Å²) in [6, 6.07) is 10.9. The molecule has 0 saturated carbocycles. The molecular weight excluding hydrogens is 377 g/mol. The molecule has 0 spiro atoms. The maximum Gasteiger partial charge on any atom is 0.130 e. The zero-order valence-electron chi connectivity index (χ0n) is 16.4. The Hall–Kier alpha value is -1.84. The first kappa shape index (κ1) is 21.5. The van der Waals surface area contributed by atoms with Crippen molar-refractivity contribution >= 4 is 44.5 Å². The van der Waals surface area contributed by atoms with Crippen LogP contribution < -0.4 is 0 Å². The largest absolute Gasteiger partial charge is 0.309 e. The number of aromatic nitrogens is 1. The molecule has 0 atom stereocenters. The second kappa shape index (κ2) is 10.5. The summed E-state index contributed by atoms with van der Waals surface area (Å²) in [4.78, 5) is 0. The SMILES string of the molecule is CC/C=C\C(=C(/C)c1cc(Cl)ccc1F)c1ccc2[nH]sc2c1.CCCC. The molecule has 0 radical (unpaired) electrons. The molecule has 0 amide bonds. The molecule has 2 aromatic carbocycles. The monoisotopic (exact) mass is 403 g/mol. The fourth-order valence-electron chi connectivity index (χ4n) is 2.53. The number of rotatable bonds is 5. The zero-order chi connectivity index (χ0) is 19.8. The van der Waals surface area contributed by atoms with Crippen LogP contribution in [0.25, 0.3) is 21.4 Å². The van der Waals surface area contributed by atoms with Crippen molar-refractivity contribution in [1.82, 2.24) is 4.37 Å². The third-order valence-corrected chi connectivity index (χ3v) is 5.43. The van der Waals surface area contributed by atoms with Crippen LogP contribution in [0.2, 0.25) is 5.02 Å². The van der Waals surface area contributed by atoms with Crippen molar-refractivity contribution in [3.05, 3.63) is 70.5 Å². The second-order valence-corrected chi connectivity index (χ2v) is 7.67. The van der Waals surface area contributed by atoms with Gasteiger partial charge in [0.25, 0.3) is 0 Å². The molecule has 0 unspecified atom stereocenters. The molecule has 3 rings (SSSR count). The quantitative estimate of drug-likeness (QED) is 0.323. The Balaban J connectivity index is 0.000000596. The Morgan fingerprint density at radius 3 is 2.41 bits per heavy atom. The number of benzene rings is 2. The van der Waals surface area contributed by atoms with Gasteiger partial charge in [0.1, 0.15) is 5.82 Å². The van der Waals surface area contributed by atoms with Gasteiger partial charge in [-0.15, -0.1) is 0 Å². The molecule has 1 heterocycles. The van der Waals surface area contributed by atoms with Crippen LogP contribution in [0.4, 0.5) is 4.39 Å². The number of fused-ring (bicyclic) bond motifs is 1. The van der Waals surface area contributed by atoms with E-state index in [-0.39, 0.29) is 5.82 Å². The van der Waals surface area contributed by atoms with Gasteiger partial charge >= 0.3 is 0 Å². The Morgan fingerprint density at radius 1 is 1.11 bits per heavy atom. The van der Waals surface area contributed by atoms with E-state index in [0.717, 1.165) is 28.6 Å². The molecule has 4 heteroatoms. The normalized spacial score (nSPS) is 12.2. The van der Waals surface area contributed by atoms with E-state index in [4.69, 9.17) is 11.6 Å². The van der Waals surface area contributed by atoms with Crippen molar-refractivity contribution in [1.29, 1.82) is 0 Å². The van der Waals surface area contributed by atoms with Crippen LogP contribution in [0.1, 0.15) is 58.1 Å². The minimum Gasteiger partial charge on any atom is -0.309 e. The number of halogens is 2. The van der Waals surface area contributed by atoms with Gasteiger partial charge in [-0.1, -0.05) is 75.0 Å². The summed E-state index contributed by atoms with van der Waals surface area (Å²) in [5.74, 6) is -0.255. The Bertz CT molecular complexity index is 931. The van der Waals surface area contributed by atoms with Crippen molar-refractivity contribution in [2.24, 2.45) is 0 Å². The predicted molar refractivity (Wildman–Crippen MR) is 120 cm³/mol. The molecule has 1 aromatic heterocycles. The number of aromatic amines is 1.